The Labute approximate surface area is 189 Å². The molecule has 0 bridgehead atoms. The maximum atomic E-state index is 12.6. The summed E-state index contributed by atoms with van der Waals surface area (Å²) in [5.41, 5.74) is -2.09. The second-order valence-corrected chi connectivity index (χ2v) is 10.3. The molecule has 0 heterocycles. The fourth-order valence-electron chi connectivity index (χ4n) is 4.50. The highest BCUT2D eigenvalue weighted by Crippen LogP contribution is 2.38. The van der Waals surface area contributed by atoms with Gasteiger partial charge in [0.15, 0.2) is 0 Å². The Balaban J connectivity index is 1.63. The van der Waals surface area contributed by atoms with Gasteiger partial charge in [-0.3, -0.25) is 0 Å². The second kappa shape index (κ2) is 10.3. The van der Waals surface area contributed by atoms with E-state index < -0.39 is 15.6 Å². The van der Waals surface area contributed by atoms with E-state index in [9.17, 15) is 21.6 Å². The second-order valence-electron chi connectivity index (χ2n) is 8.80. The van der Waals surface area contributed by atoms with Crippen molar-refractivity contribution >= 4 is 10.1 Å². The van der Waals surface area contributed by atoms with E-state index >= 15 is 0 Å². The summed E-state index contributed by atoms with van der Waals surface area (Å²) in [7, 11) is -5.68. The summed E-state index contributed by atoms with van der Waals surface area (Å²) < 4.78 is 64.5. The van der Waals surface area contributed by atoms with Crippen molar-refractivity contribution < 1.29 is 25.8 Å². The van der Waals surface area contributed by atoms with Crippen molar-refractivity contribution in [2.45, 2.75) is 76.6 Å². The quantitative estimate of drug-likeness (QED) is 0.226. The van der Waals surface area contributed by atoms with Crippen LogP contribution in [0.4, 0.5) is 13.2 Å². The molecule has 7 heteroatoms. The molecule has 0 unspecified atom stereocenters. The molecular formula is C25H31F3O3S. The van der Waals surface area contributed by atoms with Gasteiger partial charge in [-0.05, 0) is 78.8 Å². The third-order valence-electron chi connectivity index (χ3n) is 6.44. The molecule has 0 aliphatic heterocycles. The van der Waals surface area contributed by atoms with Gasteiger partial charge in [0.2, 0.25) is 0 Å². The lowest BCUT2D eigenvalue weighted by Crippen LogP contribution is -2.28. The number of halogens is 3. The zero-order valence-electron chi connectivity index (χ0n) is 18.6. The molecule has 0 N–H and O–H groups in total. The third-order valence-corrected chi connectivity index (χ3v) is 7.40. The molecule has 32 heavy (non-hydrogen) atoms. The Morgan fingerprint density at radius 3 is 2.12 bits per heavy atom. The van der Waals surface area contributed by atoms with Crippen LogP contribution in [-0.4, -0.2) is 13.9 Å². The van der Waals surface area contributed by atoms with E-state index in [1.165, 1.54) is 69.9 Å². The molecule has 1 fully saturated rings. The molecule has 0 saturated heterocycles. The monoisotopic (exact) mass is 468 g/mol. The first-order chi connectivity index (χ1) is 15.1. The number of unbranched alkanes of at least 4 members (excludes halogenated alkanes) is 2. The Bertz CT molecular complexity index is 990. The lowest BCUT2D eigenvalue weighted by Gasteiger charge is -2.29. The zero-order chi connectivity index (χ0) is 23.4. The molecule has 176 valence electrons. The summed E-state index contributed by atoms with van der Waals surface area (Å²) in [6.45, 7) is 3.76. The highest BCUT2D eigenvalue weighted by Gasteiger charge is 2.48. The lowest BCUT2D eigenvalue weighted by atomic mass is 9.77. The van der Waals surface area contributed by atoms with Crippen LogP contribution >= 0.6 is 0 Å². The Hall–Kier alpha value is -2.02. The predicted molar refractivity (Wildman–Crippen MR) is 121 cm³/mol. The standard InChI is InChI=1S/C25H31F3O3S/c1-3-4-5-6-19-7-9-20(10-8-19)21-11-13-22(14-12-21)23-15-16-24(18(2)17-23)31-32(29,30)25(26,27)28/h11-17,19-20H,3-10H2,1-2H3. The summed E-state index contributed by atoms with van der Waals surface area (Å²) >= 11 is 0. The van der Waals surface area contributed by atoms with Crippen molar-refractivity contribution in [1.29, 1.82) is 0 Å². The fourth-order valence-corrected chi connectivity index (χ4v) is 5.02. The Morgan fingerprint density at radius 1 is 0.938 bits per heavy atom. The van der Waals surface area contributed by atoms with E-state index in [0.29, 0.717) is 11.5 Å². The van der Waals surface area contributed by atoms with E-state index in [-0.39, 0.29) is 5.75 Å². The van der Waals surface area contributed by atoms with Crippen LogP contribution in [0.2, 0.25) is 0 Å². The van der Waals surface area contributed by atoms with Gasteiger partial charge in [0.25, 0.3) is 0 Å². The Morgan fingerprint density at radius 2 is 1.56 bits per heavy atom. The maximum absolute atomic E-state index is 12.6. The fraction of sp³-hybridized carbons (Fsp3) is 0.520. The van der Waals surface area contributed by atoms with Crippen LogP contribution in [-0.2, 0) is 10.1 Å². The van der Waals surface area contributed by atoms with E-state index in [0.717, 1.165) is 17.0 Å². The first kappa shape index (κ1) is 24.6. The van der Waals surface area contributed by atoms with Gasteiger partial charge in [0.05, 0.1) is 0 Å². The minimum absolute atomic E-state index is 0.320. The van der Waals surface area contributed by atoms with Gasteiger partial charge in [0.1, 0.15) is 5.75 Å². The van der Waals surface area contributed by atoms with Gasteiger partial charge in [-0.15, -0.1) is 0 Å². The first-order valence-corrected chi connectivity index (χ1v) is 12.7. The predicted octanol–water partition coefficient (Wildman–Crippen LogP) is 7.74. The minimum Gasteiger partial charge on any atom is -0.376 e. The molecule has 3 nitrogen and oxygen atoms in total. The highest BCUT2D eigenvalue weighted by atomic mass is 32.2. The van der Waals surface area contributed by atoms with E-state index in [1.807, 2.05) is 12.1 Å². The Kier molecular flexibility index (Phi) is 7.91. The summed E-state index contributed by atoms with van der Waals surface area (Å²) in [6, 6.07) is 12.8. The van der Waals surface area contributed by atoms with Gasteiger partial charge in [-0.25, -0.2) is 0 Å². The van der Waals surface area contributed by atoms with Crippen LogP contribution in [0.25, 0.3) is 11.1 Å². The average molecular weight is 469 g/mol. The number of benzene rings is 2. The number of hydrogen-bond acceptors (Lipinski definition) is 3. The summed E-state index contributed by atoms with van der Waals surface area (Å²) in [4.78, 5) is 0. The minimum atomic E-state index is -5.68. The lowest BCUT2D eigenvalue weighted by molar-refractivity contribution is -0.0500. The van der Waals surface area contributed by atoms with Gasteiger partial charge < -0.3 is 4.18 Å². The van der Waals surface area contributed by atoms with E-state index in [4.69, 9.17) is 0 Å². The van der Waals surface area contributed by atoms with Gasteiger partial charge >= 0.3 is 15.6 Å². The molecule has 0 aromatic heterocycles. The van der Waals surface area contributed by atoms with Crippen molar-refractivity contribution in [1.82, 2.24) is 0 Å². The summed E-state index contributed by atoms with van der Waals surface area (Å²) in [6.07, 6.45) is 10.3. The summed E-state index contributed by atoms with van der Waals surface area (Å²) in [5, 5.41) is 0. The molecule has 2 aromatic rings. The molecule has 2 aromatic carbocycles. The average Bonchev–Trinajstić information content (AvgIpc) is 2.75. The van der Waals surface area contributed by atoms with Crippen molar-refractivity contribution in [2.24, 2.45) is 5.92 Å². The molecular weight excluding hydrogens is 437 g/mol. The molecule has 0 amide bonds. The van der Waals surface area contributed by atoms with Crippen LogP contribution in [0, 0.1) is 12.8 Å². The van der Waals surface area contributed by atoms with Gasteiger partial charge in [-0.1, -0.05) is 62.9 Å². The molecule has 0 spiro atoms. The smallest absolute Gasteiger partial charge is 0.376 e. The highest BCUT2D eigenvalue weighted by molar-refractivity contribution is 7.88. The van der Waals surface area contributed by atoms with Crippen LogP contribution in [0.5, 0.6) is 5.75 Å². The largest absolute Gasteiger partial charge is 0.534 e. The molecule has 0 radical (unpaired) electrons. The van der Waals surface area contributed by atoms with Crippen LogP contribution in [0.15, 0.2) is 42.5 Å². The van der Waals surface area contributed by atoms with Crippen LogP contribution < -0.4 is 4.18 Å². The molecule has 1 aliphatic carbocycles. The number of alkyl halides is 3. The van der Waals surface area contributed by atoms with Crippen LogP contribution in [0.3, 0.4) is 0 Å². The zero-order valence-corrected chi connectivity index (χ0v) is 19.4. The van der Waals surface area contributed by atoms with Crippen molar-refractivity contribution in [3.8, 4) is 16.9 Å². The van der Waals surface area contributed by atoms with E-state index in [2.05, 4.69) is 23.2 Å². The molecule has 3 rings (SSSR count). The topological polar surface area (TPSA) is 43.4 Å². The maximum Gasteiger partial charge on any atom is 0.534 e. The number of aryl methyl sites for hydroxylation is 1. The number of rotatable bonds is 8. The molecule has 1 saturated carbocycles. The van der Waals surface area contributed by atoms with Gasteiger partial charge in [-0.2, -0.15) is 21.6 Å². The third kappa shape index (κ3) is 6.06. The van der Waals surface area contributed by atoms with Crippen molar-refractivity contribution in [3.63, 3.8) is 0 Å². The van der Waals surface area contributed by atoms with Crippen molar-refractivity contribution in [2.75, 3.05) is 0 Å². The SMILES string of the molecule is CCCCCC1CCC(c2ccc(-c3ccc(OS(=O)(=O)C(F)(F)F)c(C)c3)cc2)CC1. The van der Waals surface area contributed by atoms with Gasteiger partial charge in [0, 0.05) is 0 Å². The van der Waals surface area contributed by atoms with Crippen LogP contribution in [0.1, 0.15) is 75.3 Å². The molecule has 1 aliphatic rings. The summed E-state index contributed by atoms with van der Waals surface area (Å²) in [5.74, 6) is 1.12. The first-order valence-electron chi connectivity index (χ1n) is 11.3. The van der Waals surface area contributed by atoms with Crippen molar-refractivity contribution in [3.05, 3.63) is 53.6 Å². The number of hydrogen-bond donors (Lipinski definition) is 0. The van der Waals surface area contributed by atoms with E-state index in [1.54, 1.807) is 12.1 Å². The normalized spacial score (nSPS) is 19.7. The molecule has 0 atom stereocenters.